The van der Waals surface area contributed by atoms with Crippen molar-refractivity contribution in [3.05, 3.63) is 34.5 Å². The lowest BCUT2D eigenvalue weighted by atomic mass is 10.0. The van der Waals surface area contributed by atoms with Gasteiger partial charge in [-0.1, -0.05) is 11.6 Å². The average Bonchev–Trinajstić information content (AvgIpc) is 2.91. The van der Waals surface area contributed by atoms with Crippen LogP contribution in [0.5, 0.6) is 0 Å². The molecule has 0 radical (unpaired) electrons. The second-order valence-electron chi connectivity index (χ2n) is 5.35. The predicted octanol–water partition coefficient (Wildman–Crippen LogP) is 2.61. The molecule has 118 valence electrons. The van der Waals surface area contributed by atoms with Crippen molar-refractivity contribution in [3.8, 4) is 0 Å². The number of nitrogens with two attached hydrogens (primary N) is 1. The van der Waals surface area contributed by atoms with Gasteiger partial charge in [0.05, 0.1) is 16.6 Å². The van der Waals surface area contributed by atoms with Crippen molar-refractivity contribution in [2.45, 2.75) is 18.6 Å². The van der Waals surface area contributed by atoms with Gasteiger partial charge < -0.3 is 15.6 Å². The molecule has 0 unspecified atom stereocenters. The number of aromatic amines is 1. The van der Waals surface area contributed by atoms with Gasteiger partial charge in [0.25, 0.3) is 5.91 Å². The molecule has 3 rings (SSSR count). The molecule has 2 aromatic rings. The van der Waals surface area contributed by atoms with Gasteiger partial charge in [-0.2, -0.15) is 0 Å². The number of likely N-dealkylation sites (tertiary alicyclic amines) is 1. The Hall–Kier alpha value is -1.73. The second-order valence-corrected chi connectivity index (χ2v) is 5.76. The van der Waals surface area contributed by atoms with Gasteiger partial charge in [0.1, 0.15) is 11.9 Å². The van der Waals surface area contributed by atoms with Crippen molar-refractivity contribution in [1.29, 1.82) is 0 Å². The highest BCUT2D eigenvalue weighted by atomic mass is 35.5. The van der Waals surface area contributed by atoms with E-state index in [2.05, 4.69) is 4.98 Å². The molecule has 3 N–H and O–H groups in total. The molecule has 2 atom stereocenters. The number of piperidine rings is 1. The van der Waals surface area contributed by atoms with E-state index in [1.54, 1.807) is 0 Å². The summed E-state index contributed by atoms with van der Waals surface area (Å²) < 4.78 is 40.6. The first kappa shape index (κ1) is 15.2. The number of halogens is 4. The number of amides is 1. The van der Waals surface area contributed by atoms with E-state index >= 15 is 0 Å². The van der Waals surface area contributed by atoms with Crippen LogP contribution in [0.3, 0.4) is 0 Å². The Balaban J connectivity index is 1.93. The van der Waals surface area contributed by atoms with E-state index in [1.807, 2.05) is 0 Å². The number of hydrogen-bond acceptors (Lipinski definition) is 2. The number of rotatable bonds is 1. The molecule has 1 amide bonds. The van der Waals surface area contributed by atoms with Crippen LogP contribution in [0.4, 0.5) is 13.2 Å². The topological polar surface area (TPSA) is 62.1 Å². The van der Waals surface area contributed by atoms with Crippen LogP contribution < -0.4 is 5.73 Å². The molecule has 8 heteroatoms. The molecule has 0 aliphatic carbocycles. The third-order valence-electron chi connectivity index (χ3n) is 3.84. The third kappa shape index (κ3) is 2.44. The quantitative estimate of drug-likeness (QED) is 0.789. The Morgan fingerprint density at radius 2 is 2.09 bits per heavy atom. The first-order valence-electron chi connectivity index (χ1n) is 6.73. The molecule has 1 aromatic heterocycles. The van der Waals surface area contributed by atoms with Crippen LogP contribution in [0.15, 0.2) is 12.1 Å². The zero-order valence-electron chi connectivity index (χ0n) is 11.4. The SMILES string of the molecule is N[C@H]1CN(C(=O)c2cc3cc(Cl)c(F)c(F)c3[nH]2)CC[C@H]1F. The average molecular weight is 332 g/mol. The monoisotopic (exact) mass is 331 g/mol. The van der Waals surface area contributed by atoms with E-state index in [-0.39, 0.29) is 41.1 Å². The van der Waals surface area contributed by atoms with Gasteiger partial charge in [-0.25, -0.2) is 13.2 Å². The van der Waals surface area contributed by atoms with E-state index in [0.717, 1.165) is 0 Å². The fourth-order valence-corrected chi connectivity index (χ4v) is 2.80. The molecule has 2 heterocycles. The minimum absolute atomic E-state index is 0.0764. The first-order chi connectivity index (χ1) is 10.4. The summed E-state index contributed by atoms with van der Waals surface area (Å²) in [6, 6.07) is 1.88. The number of H-pyrrole nitrogens is 1. The molecular weight excluding hydrogens is 319 g/mol. The Bertz CT molecular complexity index is 748. The normalized spacial score (nSPS) is 22.3. The predicted molar refractivity (Wildman–Crippen MR) is 76.6 cm³/mol. The van der Waals surface area contributed by atoms with Crippen molar-refractivity contribution >= 4 is 28.4 Å². The zero-order valence-corrected chi connectivity index (χ0v) is 12.1. The van der Waals surface area contributed by atoms with Crippen molar-refractivity contribution in [2.24, 2.45) is 5.73 Å². The van der Waals surface area contributed by atoms with Gasteiger partial charge in [0.15, 0.2) is 11.6 Å². The summed E-state index contributed by atoms with van der Waals surface area (Å²) in [6.07, 6.45) is -0.987. The summed E-state index contributed by atoms with van der Waals surface area (Å²) in [5, 5.41) is -0.0693. The van der Waals surface area contributed by atoms with Crippen LogP contribution in [0.1, 0.15) is 16.9 Å². The van der Waals surface area contributed by atoms with Crippen molar-refractivity contribution < 1.29 is 18.0 Å². The fraction of sp³-hybridized carbons (Fsp3) is 0.357. The Kier molecular flexibility index (Phi) is 3.78. The second kappa shape index (κ2) is 5.48. The van der Waals surface area contributed by atoms with Gasteiger partial charge >= 0.3 is 0 Å². The number of benzene rings is 1. The molecule has 0 spiro atoms. The molecule has 0 bridgehead atoms. The molecule has 1 aliphatic heterocycles. The van der Waals surface area contributed by atoms with Crippen LogP contribution in [0, 0.1) is 11.6 Å². The maximum Gasteiger partial charge on any atom is 0.270 e. The number of carbonyl (C=O) groups is 1. The smallest absolute Gasteiger partial charge is 0.270 e. The van der Waals surface area contributed by atoms with Gasteiger partial charge in [0, 0.05) is 18.5 Å². The van der Waals surface area contributed by atoms with Gasteiger partial charge in [-0.15, -0.1) is 0 Å². The number of nitrogens with one attached hydrogen (secondary N) is 1. The molecular formula is C14H13ClF3N3O. The van der Waals surface area contributed by atoms with Crippen LogP contribution in [0.2, 0.25) is 5.02 Å². The van der Waals surface area contributed by atoms with Crippen LogP contribution in [-0.4, -0.2) is 41.1 Å². The van der Waals surface area contributed by atoms with Crippen molar-refractivity contribution in [3.63, 3.8) is 0 Å². The third-order valence-corrected chi connectivity index (χ3v) is 4.12. The highest BCUT2D eigenvalue weighted by Crippen LogP contribution is 2.28. The van der Waals surface area contributed by atoms with Gasteiger partial charge in [-0.3, -0.25) is 4.79 Å². The molecule has 1 fully saturated rings. The molecule has 4 nitrogen and oxygen atoms in total. The fourth-order valence-electron chi connectivity index (χ4n) is 2.60. The van der Waals surface area contributed by atoms with E-state index in [9.17, 15) is 18.0 Å². The first-order valence-corrected chi connectivity index (χ1v) is 7.11. The number of hydrogen-bond donors (Lipinski definition) is 2. The lowest BCUT2D eigenvalue weighted by molar-refractivity contribution is 0.0625. The molecule has 22 heavy (non-hydrogen) atoms. The highest BCUT2D eigenvalue weighted by molar-refractivity contribution is 6.31. The zero-order chi connectivity index (χ0) is 16.0. The molecule has 1 aromatic carbocycles. The van der Waals surface area contributed by atoms with E-state index in [4.69, 9.17) is 17.3 Å². The maximum atomic E-state index is 13.8. The summed E-state index contributed by atoms with van der Waals surface area (Å²) in [7, 11) is 0. The summed E-state index contributed by atoms with van der Waals surface area (Å²) in [5.74, 6) is -2.74. The van der Waals surface area contributed by atoms with Crippen LogP contribution in [-0.2, 0) is 0 Å². The van der Waals surface area contributed by atoms with Crippen LogP contribution in [0.25, 0.3) is 10.9 Å². The minimum atomic E-state index is -1.17. The Morgan fingerprint density at radius 3 is 2.77 bits per heavy atom. The van der Waals surface area contributed by atoms with E-state index in [0.29, 0.717) is 0 Å². The molecule has 0 saturated carbocycles. The number of alkyl halides is 1. The highest BCUT2D eigenvalue weighted by Gasteiger charge is 2.30. The van der Waals surface area contributed by atoms with Gasteiger partial charge in [-0.05, 0) is 18.6 Å². The van der Waals surface area contributed by atoms with Gasteiger partial charge in [0.2, 0.25) is 0 Å². The number of carbonyl (C=O) groups excluding carboxylic acids is 1. The van der Waals surface area contributed by atoms with Crippen molar-refractivity contribution in [1.82, 2.24) is 9.88 Å². The van der Waals surface area contributed by atoms with E-state index < -0.39 is 29.8 Å². The lowest BCUT2D eigenvalue weighted by Crippen LogP contribution is -2.51. The minimum Gasteiger partial charge on any atom is -0.348 e. The van der Waals surface area contributed by atoms with E-state index in [1.165, 1.54) is 17.0 Å². The molecule has 1 saturated heterocycles. The standard InChI is InChI=1S/C14H13ClF3N3O/c15-7-3-6-4-10(20-13(6)12(18)11(7)17)14(22)21-2-1-8(16)9(19)5-21/h3-4,8-9,20H,1-2,5,19H2/t8-,9+/m1/s1. The summed E-state index contributed by atoms with van der Waals surface area (Å²) in [6.45, 7) is 0.299. The Labute approximate surface area is 129 Å². The number of aromatic nitrogens is 1. The summed E-state index contributed by atoms with van der Waals surface area (Å²) in [4.78, 5) is 16.3. The summed E-state index contributed by atoms with van der Waals surface area (Å²) >= 11 is 5.58. The summed E-state index contributed by atoms with van der Waals surface area (Å²) in [5.41, 5.74) is 5.57. The number of fused-ring (bicyclic) bond motifs is 1. The number of nitrogens with zero attached hydrogens (tertiary/aromatic N) is 1. The Morgan fingerprint density at radius 1 is 1.36 bits per heavy atom. The van der Waals surface area contributed by atoms with Crippen LogP contribution >= 0.6 is 11.6 Å². The maximum absolute atomic E-state index is 13.8. The largest absolute Gasteiger partial charge is 0.348 e. The molecule has 1 aliphatic rings. The lowest BCUT2D eigenvalue weighted by Gasteiger charge is -2.32. The van der Waals surface area contributed by atoms with Crippen molar-refractivity contribution in [2.75, 3.05) is 13.1 Å².